The minimum atomic E-state index is -3.14. The van der Waals surface area contributed by atoms with Crippen LogP contribution in [0.3, 0.4) is 0 Å². The summed E-state index contributed by atoms with van der Waals surface area (Å²) >= 11 is 1.44. The first kappa shape index (κ1) is 15.0. The lowest BCUT2D eigenvalue weighted by Crippen LogP contribution is -2.27. The predicted octanol–water partition coefficient (Wildman–Crippen LogP) is 0.201. The smallest absolute Gasteiger partial charge is 0.208 e. The number of thioether (sulfide) groups is 1. The maximum Gasteiger partial charge on any atom is 0.208 e. The first-order valence-corrected chi connectivity index (χ1v) is 8.35. The maximum atomic E-state index is 10.9. The highest BCUT2D eigenvalue weighted by atomic mass is 32.2. The summed E-state index contributed by atoms with van der Waals surface area (Å²) in [4.78, 5) is 8.48. The molecule has 0 fully saturated rings. The van der Waals surface area contributed by atoms with Crippen LogP contribution in [0.1, 0.15) is 0 Å². The zero-order chi connectivity index (χ0) is 13.6. The van der Waals surface area contributed by atoms with Crippen LogP contribution in [0.15, 0.2) is 11.2 Å². The van der Waals surface area contributed by atoms with Gasteiger partial charge in [-0.15, -0.1) is 0 Å². The van der Waals surface area contributed by atoms with Gasteiger partial charge in [-0.05, 0) is 6.26 Å². The Morgan fingerprint density at radius 3 is 2.50 bits per heavy atom. The molecule has 0 spiro atoms. The van der Waals surface area contributed by atoms with Crippen LogP contribution in [0.5, 0.6) is 0 Å². The van der Waals surface area contributed by atoms with Gasteiger partial charge in [-0.25, -0.2) is 23.1 Å². The van der Waals surface area contributed by atoms with Gasteiger partial charge in [0.1, 0.15) is 11.6 Å². The van der Waals surface area contributed by atoms with E-state index in [0.29, 0.717) is 29.9 Å². The van der Waals surface area contributed by atoms with Crippen LogP contribution >= 0.6 is 11.8 Å². The Morgan fingerprint density at radius 1 is 1.28 bits per heavy atom. The molecule has 1 rings (SSSR count). The van der Waals surface area contributed by atoms with E-state index < -0.39 is 10.0 Å². The third-order valence-electron chi connectivity index (χ3n) is 1.94. The number of hydrogen-bond acceptors (Lipinski definition) is 7. The minimum Gasteiger partial charge on any atom is -0.373 e. The fraction of sp³-hybridized carbons (Fsp3) is 0.556. The first-order valence-electron chi connectivity index (χ1n) is 5.24. The standard InChI is InChI=1S/C9H17N5O2S2/c1-10-7-6-8(14-9(13-7)17-2)11-4-5-12-18(3,15)16/h6,12H,4-5H2,1-3H3,(H2,10,11,13,14). The lowest BCUT2D eigenvalue weighted by molar-refractivity contribution is 0.589. The first-order chi connectivity index (χ1) is 8.44. The SMILES string of the molecule is CNc1cc(NCCNS(C)(=O)=O)nc(SC)n1. The van der Waals surface area contributed by atoms with Crippen molar-refractivity contribution in [1.82, 2.24) is 14.7 Å². The van der Waals surface area contributed by atoms with Crippen molar-refractivity contribution in [3.63, 3.8) is 0 Å². The number of anilines is 2. The van der Waals surface area contributed by atoms with Crippen LogP contribution in [0.2, 0.25) is 0 Å². The molecule has 7 nitrogen and oxygen atoms in total. The second kappa shape index (κ2) is 6.76. The summed E-state index contributed by atoms with van der Waals surface area (Å²) in [6.07, 6.45) is 3.02. The number of rotatable bonds is 7. The maximum absolute atomic E-state index is 10.9. The molecule has 0 unspecified atom stereocenters. The summed E-state index contributed by atoms with van der Waals surface area (Å²) in [7, 11) is -1.36. The molecule has 0 bridgehead atoms. The average Bonchev–Trinajstić information content (AvgIpc) is 2.33. The summed E-state index contributed by atoms with van der Waals surface area (Å²) < 4.78 is 24.1. The van der Waals surface area contributed by atoms with Gasteiger partial charge in [0.15, 0.2) is 5.16 Å². The fourth-order valence-corrected chi connectivity index (χ4v) is 2.01. The van der Waals surface area contributed by atoms with Crippen LogP contribution in [0, 0.1) is 0 Å². The molecule has 0 radical (unpaired) electrons. The van der Waals surface area contributed by atoms with Gasteiger partial charge >= 0.3 is 0 Å². The molecule has 0 saturated heterocycles. The van der Waals surface area contributed by atoms with E-state index in [1.54, 1.807) is 13.1 Å². The Hall–Kier alpha value is -1.06. The highest BCUT2D eigenvalue weighted by Crippen LogP contribution is 2.16. The summed E-state index contributed by atoms with van der Waals surface area (Å²) in [5, 5.41) is 6.63. The lowest BCUT2D eigenvalue weighted by atomic mass is 10.5. The molecular weight excluding hydrogens is 274 g/mol. The Balaban J connectivity index is 2.56. The van der Waals surface area contributed by atoms with Crippen molar-refractivity contribution in [2.24, 2.45) is 0 Å². The summed E-state index contributed by atoms with van der Waals surface area (Å²) in [5.74, 6) is 1.38. The third-order valence-corrected chi connectivity index (χ3v) is 3.22. The normalized spacial score (nSPS) is 11.3. The number of nitrogens with zero attached hydrogens (tertiary/aromatic N) is 2. The molecule has 1 aromatic heterocycles. The number of aromatic nitrogens is 2. The van der Waals surface area contributed by atoms with Gasteiger partial charge < -0.3 is 10.6 Å². The Bertz CT molecular complexity index is 469. The van der Waals surface area contributed by atoms with Crippen LogP contribution in [-0.4, -0.2) is 51.0 Å². The quantitative estimate of drug-likeness (QED) is 0.375. The second-order valence-electron chi connectivity index (χ2n) is 3.47. The third kappa shape index (κ3) is 5.52. The van der Waals surface area contributed by atoms with E-state index in [1.165, 1.54) is 11.8 Å². The van der Waals surface area contributed by atoms with Crippen molar-refractivity contribution in [2.45, 2.75) is 5.16 Å². The van der Waals surface area contributed by atoms with E-state index in [1.807, 2.05) is 6.26 Å². The number of sulfonamides is 1. The second-order valence-corrected chi connectivity index (χ2v) is 6.07. The Labute approximate surface area is 111 Å². The molecule has 0 aliphatic carbocycles. The van der Waals surface area contributed by atoms with Crippen molar-refractivity contribution in [1.29, 1.82) is 0 Å². The van der Waals surface area contributed by atoms with Gasteiger partial charge in [-0.1, -0.05) is 11.8 Å². The van der Waals surface area contributed by atoms with Gasteiger partial charge in [0.2, 0.25) is 10.0 Å². The molecular formula is C9H17N5O2S2. The van der Waals surface area contributed by atoms with Gasteiger partial charge in [0, 0.05) is 26.2 Å². The minimum absolute atomic E-state index is 0.312. The molecule has 1 aromatic rings. The van der Waals surface area contributed by atoms with E-state index in [-0.39, 0.29) is 0 Å². The van der Waals surface area contributed by atoms with Crippen LogP contribution in [0.25, 0.3) is 0 Å². The average molecular weight is 291 g/mol. The zero-order valence-corrected chi connectivity index (χ0v) is 12.2. The Morgan fingerprint density at radius 2 is 1.94 bits per heavy atom. The van der Waals surface area contributed by atoms with E-state index in [0.717, 1.165) is 6.26 Å². The zero-order valence-electron chi connectivity index (χ0n) is 10.5. The lowest BCUT2D eigenvalue weighted by Gasteiger charge is -2.08. The highest BCUT2D eigenvalue weighted by molar-refractivity contribution is 7.98. The summed E-state index contributed by atoms with van der Waals surface area (Å²) in [6.45, 7) is 0.771. The predicted molar refractivity (Wildman–Crippen MR) is 74.7 cm³/mol. The van der Waals surface area contributed by atoms with Gasteiger partial charge in [0.05, 0.1) is 6.26 Å². The molecule has 0 aliphatic heterocycles. The van der Waals surface area contributed by atoms with E-state index >= 15 is 0 Å². The molecule has 9 heteroatoms. The molecule has 0 atom stereocenters. The van der Waals surface area contributed by atoms with Crippen LogP contribution in [-0.2, 0) is 10.0 Å². The van der Waals surface area contributed by atoms with E-state index in [9.17, 15) is 8.42 Å². The topological polar surface area (TPSA) is 96.0 Å². The van der Waals surface area contributed by atoms with Crippen molar-refractivity contribution >= 4 is 33.4 Å². The van der Waals surface area contributed by atoms with Crippen molar-refractivity contribution in [3.8, 4) is 0 Å². The summed E-state index contributed by atoms with van der Waals surface area (Å²) in [5.41, 5.74) is 0. The Kier molecular flexibility index (Phi) is 5.63. The van der Waals surface area contributed by atoms with E-state index in [4.69, 9.17) is 0 Å². The molecule has 0 saturated carbocycles. The van der Waals surface area contributed by atoms with Gasteiger partial charge in [-0.2, -0.15) is 0 Å². The van der Waals surface area contributed by atoms with Crippen LogP contribution < -0.4 is 15.4 Å². The van der Waals surface area contributed by atoms with Gasteiger partial charge in [-0.3, -0.25) is 0 Å². The molecule has 1 heterocycles. The molecule has 102 valence electrons. The molecule has 3 N–H and O–H groups in total. The molecule has 0 aliphatic rings. The number of hydrogen-bond donors (Lipinski definition) is 3. The molecule has 18 heavy (non-hydrogen) atoms. The molecule has 0 aromatic carbocycles. The van der Waals surface area contributed by atoms with Crippen molar-refractivity contribution < 1.29 is 8.42 Å². The highest BCUT2D eigenvalue weighted by Gasteiger charge is 2.03. The summed E-state index contributed by atoms with van der Waals surface area (Å²) in [6, 6.07) is 1.76. The van der Waals surface area contributed by atoms with Crippen LogP contribution in [0.4, 0.5) is 11.6 Å². The van der Waals surface area contributed by atoms with Gasteiger partial charge in [0.25, 0.3) is 0 Å². The van der Waals surface area contributed by atoms with Crippen molar-refractivity contribution in [2.75, 3.05) is 43.3 Å². The number of nitrogens with one attached hydrogen (secondary N) is 3. The van der Waals surface area contributed by atoms with E-state index in [2.05, 4.69) is 25.3 Å². The largest absolute Gasteiger partial charge is 0.373 e. The molecule has 0 amide bonds. The fourth-order valence-electron chi connectivity index (χ4n) is 1.16. The van der Waals surface area contributed by atoms with Crippen molar-refractivity contribution in [3.05, 3.63) is 6.07 Å². The monoisotopic (exact) mass is 291 g/mol.